The van der Waals surface area contributed by atoms with Gasteiger partial charge in [0.05, 0.1) is 14.2 Å². The number of hydrogen-bond acceptors (Lipinski definition) is 4. The highest BCUT2D eigenvalue weighted by Crippen LogP contribution is 2.26. The molecule has 4 rings (SSSR count). The molecule has 0 aliphatic rings. The number of nitrogens with one attached hydrogen (secondary N) is 1. The Kier molecular flexibility index (Phi) is 6.90. The first-order valence-electron chi connectivity index (χ1n) is 10.6. The number of amides is 1. The molecule has 0 atom stereocenters. The van der Waals surface area contributed by atoms with Gasteiger partial charge in [0, 0.05) is 22.9 Å². The van der Waals surface area contributed by atoms with Gasteiger partial charge in [-0.05, 0) is 53.6 Å². The summed E-state index contributed by atoms with van der Waals surface area (Å²) >= 11 is 0. The molecule has 5 heteroatoms. The van der Waals surface area contributed by atoms with Gasteiger partial charge < -0.3 is 19.5 Å². The summed E-state index contributed by atoms with van der Waals surface area (Å²) in [5, 5.41) is 2.89. The van der Waals surface area contributed by atoms with Crippen LogP contribution >= 0.6 is 0 Å². The maximum Gasteiger partial charge on any atom is 0.255 e. The van der Waals surface area contributed by atoms with Crippen molar-refractivity contribution < 1.29 is 19.0 Å². The second-order valence-electron chi connectivity index (χ2n) is 7.39. The zero-order chi connectivity index (χ0) is 23.0. The van der Waals surface area contributed by atoms with E-state index in [9.17, 15) is 4.79 Å². The molecule has 1 N–H and O–H groups in total. The van der Waals surface area contributed by atoms with Crippen molar-refractivity contribution in [3.05, 3.63) is 108 Å². The van der Waals surface area contributed by atoms with E-state index in [-0.39, 0.29) is 12.5 Å². The number of carbonyl (C=O) groups is 1. The molecule has 0 bridgehead atoms. The van der Waals surface area contributed by atoms with Gasteiger partial charge in [0.15, 0.2) is 0 Å². The van der Waals surface area contributed by atoms with Gasteiger partial charge in [-0.1, -0.05) is 48.5 Å². The highest BCUT2D eigenvalue weighted by molar-refractivity contribution is 6.04. The highest BCUT2D eigenvalue weighted by atomic mass is 16.5. The fourth-order valence-electron chi connectivity index (χ4n) is 3.47. The van der Waals surface area contributed by atoms with Crippen molar-refractivity contribution in [3.8, 4) is 28.4 Å². The Balaban J connectivity index is 1.46. The average Bonchev–Trinajstić information content (AvgIpc) is 2.88. The molecule has 0 saturated carbocycles. The summed E-state index contributed by atoms with van der Waals surface area (Å²) in [6, 6.07) is 30.6. The van der Waals surface area contributed by atoms with Gasteiger partial charge in [0.25, 0.3) is 5.91 Å². The summed E-state index contributed by atoms with van der Waals surface area (Å²) in [5.41, 5.74) is 4.23. The first-order chi connectivity index (χ1) is 16.2. The van der Waals surface area contributed by atoms with Crippen LogP contribution < -0.4 is 19.5 Å². The standard InChI is InChI=1S/C28H25NO4/c1-31-26-10-6-9-24(18-26)29-28(30)22-13-16-27(32-2)23(17-22)19-33-25-14-11-21(12-15-25)20-7-4-3-5-8-20/h3-18H,19H2,1-2H3,(H,29,30). The van der Waals surface area contributed by atoms with E-state index in [0.717, 1.165) is 22.4 Å². The summed E-state index contributed by atoms with van der Waals surface area (Å²) in [6.07, 6.45) is 0. The van der Waals surface area contributed by atoms with Crippen LogP contribution in [0.2, 0.25) is 0 Å². The maximum atomic E-state index is 12.8. The topological polar surface area (TPSA) is 56.8 Å². The number of hydrogen-bond donors (Lipinski definition) is 1. The van der Waals surface area contributed by atoms with Gasteiger partial charge in [0.2, 0.25) is 0 Å². The number of carbonyl (C=O) groups excluding carboxylic acids is 1. The summed E-state index contributed by atoms with van der Waals surface area (Å²) in [6.45, 7) is 0.272. The average molecular weight is 440 g/mol. The van der Waals surface area contributed by atoms with E-state index in [4.69, 9.17) is 14.2 Å². The van der Waals surface area contributed by atoms with Gasteiger partial charge in [-0.2, -0.15) is 0 Å². The largest absolute Gasteiger partial charge is 0.497 e. The maximum absolute atomic E-state index is 12.8. The fourth-order valence-corrected chi connectivity index (χ4v) is 3.47. The molecular formula is C28H25NO4. The quantitative estimate of drug-likeness (QED) is 0.355. The first-order valence-corrected chi connectivity index (χ1v) is 10.6. The molecule has 0 saturated heterocycles. The van der Waals surface area contributed by atoms with Crippen LogP contribution in [0, 0.1) is 0 Å². The van der Waals surface area contributed by atoms with Crippen molar-refractivity contribution in [2.45, 2.75) is 6.61 Å². The van der Waals surface area contributed by atoms with E-state index in [0.29, 0.717) is 22.7 Å². The van der Waals surface area contributed by atoms with Gasteiger partial charge in [-0.25, -0.2) is 0 Å². The van der Waals surface area contributed by atoms with Crippen LogP contribution in [0.5, 0.6) is 17.2 Å². The van der Waals surface area contributed by atoms with E-state index >= 15 is 0 Å². The van der Waals surface area contributed by atoms with Gasteiger partial charge >= 0.3 is 0 Å². The Morgan fingerprint density at radius 2 is 1.48 bits per heavy atom. The molecule has 0 fully saturated rings. The van der Waals surface area contributed by atoms with Crippen LogP contribution in [-0.2, 0) is 6.61 Å². The van der Waals surface area contributed by atoms with Gasteiger partial charge in [-0.15, -0.1) is 0 Å². The molecule has 0 unspecified atom stereocenters. The third-order valence-electron chi connectivity index (χ3n) is 5.23. The van der Waals surface area contributed by atoms with Crippen LogP contribution in [-0.4, -0.2) is 20.1 Å². The number of methoxy groups -OCH3 is 2. The SMILES string of the molecule is COc1cccc(NC(=O)c2ccc(OC)c(COc3ccc(-c4ccccc4)cc3)c2)c1. The molecule has 0 heterocycles. The minimum Gasteiger partial charge on any atom is -0.497 e. The predicted molar refractivity (Wildman–Crippen MR) is 130 cm³/mol. The molecule has 0 radical (unpaired) electrons. The van der Waals surface area contributed by atoms with Crippen LogP contribution in [0.4, 0.5) is 5.69 Å². The lowest BCUT2D eigenvalue weighted by Crippen LogP contribution is -2.13. The van der Waals surface area contributed by atoms with Crippen molar-refractivity contribution in [2.24, 2.45) is 0 Å². The van der Waals surface area contributed by atoms with E-state index in [1.807, 2.05) is 60.7 Å². The monoisotopic (exact) mass is 439 g/mol. The van der Waals surface area contributed by atoms with Crippen LogP contribution in [0.15, 0.2) is 97.1 Å². The Bertz CT molecular complexity index is 1220. The Labute approximate surface area is 193 Å². The molecule has 166 valence electrons. The molecule has 33 heavy (non-hydrogen) atoms. The van der Waals surface area contributed by atoms with Crippen LogP contribution in [0.3, 0.4) is 0 Å². The zero-order valence-electron chi connectivity index (χ0n) is 18.6. The number of benzene rings is 4. The van der Waals surface area contributed by atoms with Crippen molar-refractivity contribution in [2.75, 3.05) is 19.5 Å². The lowest BCUT2D eigenvalue weighted by molar-refractivity contribution is 0.102. The number of rotatable bonds is 8. The van der Waals surface area contributed by atoms with Crippen LogP contribution in [0.25, 0.3) is 11.1 Å². The van der Waals surface area contributed by atoms with Crippen molar-refractivity contribution in [1.29, 1.82) is 0 Å². The van der Waals surface area contributed by atoms with E-state index in [1.165, 1.54) is 0 Å². The van der Waals surface area contributed by atoms with E-state index < -0.39 is 0 Å². The fraction of sp³-hybridized carbons (Fsp3) is 0.107. The molecule has 0 aliphatic carbocycles. The highest BCUT2D eigenvalue weighted by Gasteiger charge is 2.12. The Morgan fingerprint density at radius 3 is 2.21 bits per heavy atom. The van der Waals surface area contributed by atoms with Crippen molar-refractivity contribution in [3.63, 3.8) is 0 Å². The molecule has 4 aromatic carbocycles. The summed E-state index contributed by atoms with van der Waals surface area (Å²) in [7, 11) is 3.19. The third-order valence-corrected chi connectivity index (χ3v) is 5.23. The Hall–Kier alpha value is -4.25. The zero-order valence-corrected chi connectivity index (χ0v) is 18.6. The smallest absolute Gasteiger partial charge is 0.255 e. The third kappa shape index (κ3) is 5.52. The van der Waals surface area contributed by atoms with E-state index in [1.54, 1.807) is 38.5 Å². The molecule has 0 aromatic heterocycles. The molecule has 5 nitrogen and oxygen atoms in total. The Morgan fingerprint density at radius 1 is 0.727 bits per heavy atom. The lowest BCUT2D eigenvalue weighted by Gasteiger charge is -2.13. The summed E-state index contributed by atoms with van der Waals surface area (Å²) < 4.78 is 16.7. The van der Waals surface area contributed by atoms with Crippen molar-refractivity contribution >= 4 is 11.6 Å². The van der Waals surface area contributed by atoms with Crippen LogP contribution in [0.1, 0.15) is 15.9 Å². The van der Waals surface area contributed by atoms with E-state index in [2.05, 4.69) is 17.4 Å². The minimum absolute atomic E-state index is 0.223. The van der Waals surface area contributed by atoms with Gasteiger partial charge in [-0.3, -0.25) is 4.79 Å². The molecular weight excluding hydrogens is 414 g/mol. The first kappa shape index (κ1) is 22.0. The number of ether oxygens (including phenoxy) is 3. The molecule has 4 aromatic rings. The summed E-state index contributed by atoms with van der Waals surface area (Å²) in [4.78, 5) is 12.8. The molecule has 1 amide bonds. The normalized spacial score (nSPS) is 10.4. The second kappa shape index (κ2) is 10.4. The predicted octanol–water partition coefficient (Wildman–Crippen LogP) is 6.20. The minimum atomic E-state index is -0.223. The molecule has 0 spiro atoms. The van der Waals surface area contributed by atoms with Gasteiger partial charge in [0.1, 0.15) is 23.9 Å². The van der Waals surface area contributed by atoms with Crippen molar-refractivity contribution in [1.82, 2.24) is 0 Å². The number of anilines is 1. The second-order valence-corrected chi connectivity index (χ2v) is 7.39. The summed E-state index contributed by atoms with van der Waals surface area (Å²) in [5.74, 6) is 1.85. The molecule has 0 aliphatic heterocycles. The lowest BCUT2D eigenvalue weighted by atomic mass is 10.1.